The number of piperidine rings is 1. The monoisotopic (exact) mass is 308 g/mol. The molecule has 2 unspecified atom stereocenters. The lowest BCUT2D eigenvalue weighted by molar-refractivity contribution is -0.132. The van der Waals surface area contributed by atoms with Gasteiger partial charge in [0.15, 0.2) is 0 Å². The zero-order valence-corrected chi connectivity index (χ0v) is 13.2. The molecule has 0 aromatic heterocycles. The zero-order chi connectivity index (χ0) is 15.4. The van der Waals surface area contributed by atoms with Gasteiger partial charge in [0.05, 0.1) is 17.1 Å². The standard InChI is InChI=1S/C16H21ClN2O2/c1-11-7-12(2)10-19(9-11)15(20)8-18-16(21)13-5-3-4-6-14(13)17/h3-6,11-12H,7-10H2,1-2H3,(H,18,21). The van der Waals surface area contributed by atoms with Crippen molar-refractivity contribution in [2.24, 2.45) is 11.8 Å². The SMILES string of the molecule is CC1CC(C)CN(C(=O)CNC(=O)c2ccccc2Cl)C1. The first-order chi connectivity index (χ1) is 9.97. The molecule has 1 fully saturated rings. The van der Waals surface area contributed by atoms with Gasteiger partial charge in [0.25, 0.3) is 5.91 Å². The lowest BCUT2D eigenvalue weighted by atomic mass is 9.92. The molecular weight excluding hydrogens is 288 g/mol. The predicted octanol–water partition coefficient (Wildman–Crippen LogP) is 2.57. The van der Waals surface area contributed by atoms with E-state index < -0.39 is 0 Å². The molecule has 21 heavy (non-hydrogen) atoms. The van der Waals surface area contributed by atoms with Gasteiger partial charge in [-0.3, -0.25) is 9.59 Å². The van der Waals surface area contributed by atoms with Crippen LogP contribution in [0.4, 0.5) is 0 Å². The van der Waals surface area contributed by atoms with Gasteiger partial charge in [-0.15, -0.1) is 0 Å². The van der Waals surface area contributed by atoms with E-state index in [4.69, 9.17) is 11.6 Å². The molecule has 1 aliphatic heterocycles. The summed E-state index contributed by atoms with van der Waals surface area (Å²) in [6.07, 6.45) is 1.15. The maximum Gasteiger partial charge on any atom is 0.253 e. The van der Waals surface area contributed by atoms with Crippen LogP contribution in [0, 0.1) is 11.8 Å². The van der Waals surface area contributed by atoms with E-state index in [1.54, 1.807) is 24.3 Å². The fourth-order valence-electron chi connectivity index (χ4n) is 2.87. The van der Waals surface area contributed by atoms with Crippen molar-refractivity contribution in [3.63, 3.8) is 0 Å². The molecule has 0 aliphatic carbocycles. The fourth-order valence-corrected chi connectivity index (χ4v) is 3.10. The average Bonchev–Trinajstić information content (AvgIpc) is 2.43. The molecular formula is C16H21ClN2O2. The van der Waals surface area contributed by atoms with E-state index in [9.17, 15) is 9.59 Å². The summed E-state index contributed by atoms with van der Waals surface area (Å²) in [4.78, 5) is 26.0. The van der Waals surface area contributed by atoms with E-state index in [1.807, 2.05) is 4.90 Å². The van der Waals surface area contributed by atoms with Crippen molar-refractivity contribution in [2.75, 3.05) is 19.6 Å². The first-order valence-corrected chi connectivity index (χ1v) is 7.65. The second-order valence-corrected chi connectivity index (χ2v) is 6.31. The largest absolute Gasteiger partial charge is 0.343 e. The highest BCUT2D eigenvalue weighted by Gasteiger charge is 2.25. The summed E-state index contributed by atoms with van der Waals surface area (Å²) in [6.45, 7) is 5.86. The number of hydrogen-bond donors (Lipinski definition) is 1. The topological polar surface area (TPSA) is 49.4 Å². The van der Waals surface area contributed by atoms with E-state index in [0.29, 0.717) is 22.4 Å². The Labute approximate surface area is 130 Å². The molecule has 4 nitrogen and oxygen atoms in total. The van der Waals surface area contributed by atoms with Crippen molar-refractivity contribution in [1.82, 2.24) is 10.2 Å². The minimum atomic E-state index is -0.313. The number of nitrogens with one attached hydrogen (secondary N) is 1. The fraction of sp³-hybridized carbons (Fsp3) is 0.500. The zero-order valence-electron chi connectivity index (χ0n) is 12.4. The molecule has 2 rings (SSSR count). The minimum Gasteiger partial charge on any atom is -0.343 e. The molecule has 1 aliphatic rings. The van der Waals surface area contributed by atoms with Crippen LogP contribution < -0.4 is 5.32 Å². The second kappa shape index (κ2) is 6.94. The van der Waals surface area contributed by atoms with Gasteiger partial charge in [0.1, 0.15) is 0 Å². The van der Waals surface area contributed by atoms with Crippen LogP contribution in [-0.2, 0) is 4.79 Å². The van der Waals surface area contributed by atoms with Gasteiger partial charge >= 0.3 is 0 Å². The number of carbonyl (C=O) groups is 2. The molecule has 1 saturated heterocycles. The summed E-state index contributed by atoms with van der Waals surface area (Å²) in [5, 5.41) is 3.04. The van der Waals surface area contributed by atoms with Crippen molar-refractivity contribution in [3.8, 4) is 0 Å². The molecule has 2 atom stereocenters. The highest BCUT2D eigenvalue weighted by atomic mass is 35.5. The first-order valence-electron chi connectivity index (χ1n) is 7.28. The molecule has 1 aromatic rings. The Bertz CT molecular complexity index is 523. The molecule has 114 valence electrons. The van der Waals surface area contributed by atoms with Gasteiger partial charge in [-0.1, -0.05) is 37.6 Å². The van der Waals surface area contributed by atoms with E-state index in [1.165, 1.54) is 0 Å². The van der Waals surface area contributed by atoms with E-state index >= 15 is 0 Å². The number of halogens is 1. The van der Waals surface area contributed by atoms with Crippen LogP contribution >= 0.6 is 11.6 Å². The molecule has 1 heterocycles. The van der Waals surface area contributed by atoms with Crippen LogP contribution in [-0.4, -0.2) is 36.3 Å². The minimum absolute atomic E-state index is 0.0174. The van der Waals surface area contributed by atoms with Gasteiger partial charge in [-0.25, -0.2) is 0 Å². The summed E-state index contributed by atoms with van der Waals surface area (Å²) in [6, 6.07) is 6.82. The second-order valence-electron chi connectivity index (χ2n) is 5.91. The Morgan fingerprint density at radius 2 is 1.86 bits per heavy atom. The van der Waals surface area contributed by atoms with E-state index in [2.05, 4.69) is 19.2 Å². The molecule has 0 saturated carbocycles. The summed E-state index contributed by atoms with van der Waals surface area (Å²) in [5.41, 5.74) is 0.396. The van der Waals surface area contributed by atoms with Gasteiger partial charge in [0.2, 0.25) is 5.91 Å². The Morgan fingerprint density at radius 1 is 1.24 bits per heavy atom. The number of amides is 2. The quantitative estimate of drug-likeness (QED) is 0.933. The van der Waals surface area contributed by atoms with E-state index in [-0.39, 0.29) is 18.4 Å². The maximum absolute atomic E-state index is 12.2. The van der Waals surface area contributed by atoms with Crippen LogP contribution in [0.15, 0.2) is 24.3 Å². The molecule has 5 heteroatoms. The average molecular weight is 309 g/mol. The molecule has 0 bridgehead atoms. The summed E-state index contributed by atoms with van der Waals surface area (Å²) >= 11 is 5.97. The van der Waals surface area contributed by atoms with Crippen molar-refractivity contribution < 1.29 is 9.59 Å². The smallest absolute Gasteiger partial charge is 0.253 e. The van der Waals surface area contributed by atoms with Crippen LogP contribution in [0.5, 0.6) is 0 Å². The Kier molecular flexibility index (Phi) is 5.23. The van der Waals surface area contributed by atoms with Crippen LogP contribution in [0.25, 0.3) is 0 Å². The third-order valence-corrected chi connectivity index (χ3v) is 4.07. The number of nitrogens with zero attached hydrogens (tertiary/aromatic N) is 1. The highest BCUT2D eigenvalue weighted by Crippen LogP contribution is 2.20. The Hall–Kier alpha value is -1.55. The predicted molar refractivity (Wildman–Crippen MR) is 83.3 cm³/mol. The molecule has 1 N–H and O–H groups in total. The highest BCUT2D eigenvalue weighted by molar-refractivity contribution is 6.33. The van der Waals surface area contributed by atoms with Gasteiger partial charge < -0.3 is 10.2 Å². The van der Waals surface area contributed by atoms with Crippen molar-refractivity contribution in [2.45, 2.75) is 20.3 Å². The van der Waals surface area contributed by atoms with E-state index in [0.717, 1.165) is 19.5 Å². The van der Waals surface area contributed by atoms with Crippen LogP contribution in [0.3, 0.4) is 0 Å². The molecule has 1 aromatic carbocycles. The first kappa shape index (κ1) is 15.8. The van der Waals surface area contributed by atoms with Gasteiger partial charge in [-0.05, 0) is 30.4 Å². The molecule has 2 amide bonds. The summed E-state index contributed by atoms with van der Waals surface area (Å²) in [7, 11) is 0. The summed E-state index contributed by atoms with van der Waals surface area (Å²) in [5.74, 6) is 0.676. The lowest BCUT2D eigenvalue weighted by Crippen LogP contribution is -2.46. The summed E-state index contributed by atoms with van der Waals surface area (Å²) < 4.78 is 0. The lowest BCUT2D eigenvalue weighted by Gasteiger charge is -2.35. The molecule has 0 radical (unpaired) electrons. The Balaban J connectivity index is 1.89. The number of carbonyl (C=O) groups excluding carboxylic acids is 2. The van der Waals surface area contributed by atoms with Crippen molar-refractivity contribution in [3.05, 3.63) is 34.9 Å². The number of benzene rings is 1. The van der Waals surface area contributed by atoms with Crippen LogP contribution in [0.1, 0.15) is 30.6 Å². The number of hydrogen-bond acceptors (Lipinski definition) is 2. The third kappa shape index (κ3) is 4.21. The van der Waals surface area contributed by atoms with Crippen LogP contribution in [0.2, 0.25) is 5.02 Å². The van der Waals surface area contributed by atoms with Crippen molar-refractivity contribution >= 4 is 23.4 Å². The number of rotatable bonds is 3. The number of likely N-dealkylation sites (tertiary alicyclic amines) is 1. The third-order valence-electron chi connectivity index (χ3n) is 3.74. The van der Waals surface area contributed by atoms with Gasteiger partial charge in [-0.2, -0.15) is 0 Å². The van der Waals surface area contributed by atoms with Gasteiger partial charge in [0, 0.05) is 13.1 Å². The Morgan fingerprint density at radius 3 is 2.48 bits per heavy atom. The van der Waals surface area contributed by atoms with Crippen molar-refractivity contribution in [1.29, 1.82) is 0 Å². The maximum atomic E-state index is 12.2. The normalized spacial score (nSPS) is 22.0. The molecule has 0 spiro atoms.